The second kappa shape index (κ2) is 5.55. The zero-order valence-corrected chi connectivity index (χ0v) is 11.5. The van der Waals surface area contributed by atoms with Crippen molar-refractivity contribution in [3.8, 4) is 0 Å². The summed E-state index contributed by atoms with van der Waals surface area (Å²) >= 11 is 0. The van der Waals surface area contributed by atoms with Crippen molar-refractivity contribution < 1.29 is 9.59 Å². The van der Waals surface area contributed by atoms with Crippen molar-refractivity contribution in [2.75, 3.05) is 12.4 Å². The molecule has 0 spiro atoms. The van der Waals surface area contributed by atoms with Crippen molar-refractivity contribution in [1.29, 1.82) is 0 Å². The Labute approximate surface area is 115 Å². The first kappa shape index (κ1) is 13.8. The molecule has 0 aliphatic carbocycles. The molecule has 8 nitrogen and oxygen atoms in total. The predicted molar refractivity (Wildman–Crippen MR) is 72.2 cm³/mol. The van der Waals surface area contributed by atoms with Gasteiger partial charge < -0.3 is 10.6 Å². The zero-order chi connectivity index (χ0) is 14.7. The fourth-order valence-corrected chi connectivity index (χ4v) is 1.76. The van der Waals surface area contributed by atoms with Gasteiger partial charge in [-0.2, -0.15) is 10.2 Å². The summed E-state index contributed by atoms with van der Waals surface area (Å²) in [5.41, 5.74) is 1.53. The van der Waals surface area contributed by atoms with Crippen LogP contribution in [0.3, 0.4) is 0 Å². The van der Waals surface area contributed by atoms with Crippen LogP contribution in [0.4, 0.5) is 5.69 Å². The number of carbonyl (C=O) groups is 2. The number of aryl methyl sites for hydroxylation is 2. The number of hydrogen-bond acceptors (Lipinski definition) is 4. The third-order valence-electron chi connectivity index (χ3n) is 2.61. The Morgan fingerprint density at radius 3 is 2.70 bits per heavy atom. The maximum atomic E-state index is 11.9. The highest BCUT2D eigenvalue weighted by Gasteiger charge is 2.16. The highest BCUT2D eigenvalue weighted by atomic mass is 16.2. The number of carbonyl (C=O) groups excluding carboxylic acids is 2. The number of amides is 2. The lowest BCUT2D eigenvalue weighted by atomic mass is 10.3. The van der Waals surface area contributed by atoms with Gasteiger partial charge in [-0.05, 0) is 12.5 Å². The van der Waals surface area contributed by atoms with Crippen LogP contribution >= 0.6 is 0 Å². The molecule has 20 heavy (non-hydrogen) atoms. The number of anilines is 1. The van der Waals surface area contributed by atoms with E-state index in [9.17, 15) is 9.59 Å². The van der Waals surface area contributed by atoms with E-state index in [-0.39, 0.29) is 24.1 Å². The molecule has 106 valence electrons. The van der Waals surface area contributed by atoms with Gasteiger partial charge in [-0.3, -0.25) is 19.0 Å². The van der Waals surface area contributed by atoms with Gasteiger partial charge >= 0.3 is 0 Å². The second-order valence-corrected chi connectivity index (χ2v) is 4.41. The van der Waals surface area contributed by atoms with E-state index in [0.717, 1.165) is 5.56 Å². The molecule has 0 aromatic carbocycles. The molecule has 0 aliphatic rings. The molecule has 8 heteroatoms. The molecule has 0 saturated heterocycles. The van der Waals surface area contributed by atoms with Gasteiger partial charge in [-0.1, -0.05) is 0 Å². The lowest BCUT2D eigenvalue weighted by Crippen LogP contribution is -2.23. The highest BCUT2D eigenvalue weighted by Crippen LogP contribution is 2.13. The Morgan fingerprint density at radius 1 is 1.35 bits per heavy atom. The van der Waals surface area contributed by atoms with Gasteiger partial charge in [0.15, 0.2) is 5.69 Å². The molecule has 0 saturated carbocycles. The van der Waals surface area contributed by atoms with E-state index in [2.05, 4.69) is 20.8 Å². The molecular weight excluding hydrogens is 260 g/mol. The molecule has 2 heterocycles. The quantitative estimate of drug-likeness (QED) is 0.817. The molecule has 2 N–H and O–H groups in total. The van der Waals surface area contributed by atoms with Crippen LogP contribution in [-0.2, 0) is 18.4 Å². The first-order chi connectivity index (χ1) is 9.49. The molecule has 0 atom stereocenters. The van der Waals surface area contributed by atoms with E-state index in [4.69, 9.17) is 0 Å². The lowest BCUT2D eigenvalue weighted by molar-refractivity contribution is -0.116. The fourth-order valence-electron chi connectivity index (χ4n) is 1.76. The molecule has 0 aliphatic heterocycles. The molecule has 0 unspecified atom stereocenters. The summed E-state index contributed by atoms with van der Waals surface area (Å²) in [5.74, 6) is -0.623. The lowest BCUT2D eigenvalue weighted by Gasteiger charge is -2.04. The monoisotopic (exact) mass is 276 g/mol. The van der Waals surface area contributed by atoms with E-state index in [1.165, 1.54) is 16.4 Å². The van der Waals surface area contributed by atoms with Crippen LogP contribution in [0.25, 0.3) is 0 Å². The van der Waals surface area contributed by atoms with Gasteiger partial charge in [0, 0.05) is 26.5 Å². The number of hydrogen-bond donors (Lipinski definition) is 2. The standard InChI is InChI=1S/C12H16N6O2/c1-8-4-14-18(5-8)7-10(19)15-9-6-17(3)16-11(9)12(20)13-2/h4-6H,7H2,1-3H3,(H,13,20)(H,15,19). The topological polar surface area (TPSA) is 93.8 Å². The van der Waals surface area contributed by atoms with Crippen LogP contribution in [0.5, 0.6) is 0 Å². The van der Waals surface area contributed by atoms with Crippen molar-refractivity contribution in [3.05, 3.63) is 29.8 Å². The van der Waals surface area contributed by atoms with Crippen LogP contribution in [-0.4, -0.2) is 38.4 Å². The highest BCUT2D eigenvalue weighted by molar-refractivity contribution is 6.01. The summed E-state index contributed by atoms with van der Waals surface area (Å²) in [5, 5.41) is 13.2. The maximum absolute atomic E-state index is 11.9. The minimum atomic E-state index is -0.351. The smallest absolute Gasteiger partial charge is 0.273 e. The Morgan fingerprint density at radius 2 is 2.10 bits per heavy atom. The van der Waals surface area contributed by atoms with E-state index in [0.29, 0.717) is 5.69 Å². The average molecular weight is 276 g/mol. The summed E-state index contributed by atoms with van der Waals surface area (Å²) < 4.78 is 3.00. The third-order valence-corrected chi connectivity index (χ3v) is 2.61. The molecule has 0 radical (unpaired) electrons. The summed E-state index contributed by atoms with van der Waals surface area (Å²) in [6, 6.07) is 0. The average Bonchev–Trinajstić information content (AvgIpc) is 2.94. The molecule has 0 bridgehead atoms. The van der Waals surface area contributed by atoms with E-state index in [1.54, 1.807) is 25.6 Å². The number of aromatic nitrogens is 4. The third kappa shape index (κ3) is 3.02. The minimum Gasteiger partial charge on any atom is -0.354 e. The largest absolute Gasteiger partial charge is 0.354 e. The van der Waals surface area contributed by atoms with Gasteiger partial charge in [0.25, 0.3) is 5.91 Å². The Balaban J connectivity index is 2.09. The maximum Gasteiger partial charge on any atom is 0.273 e. The summed E-state index contributed by atoms with van der Waals surface area (Å²) in [6.07, 6.45) is 5.02. The summed E-state index contributed by atoms with van der Waals surface area (Å²) in [6.45, 7) is 1.97. The molecule has 2 aromatic rings. The Hall–Kier alpha value is -2.64. The molecule has 2 rings (SSSR count). The summed E-state index contributed by atoms with van der Waals surface area (Å²) in [4.78, 5) is 23.6. The van der Waals surface area contributed by atoms with E-state index < -0.39 is 0 Å². The van der Waals surface area contributed by atoms with Gasteiger partial charge in [0.2, 0.25) is 5.91 Å². The van der Waals surface area contributed by atoms with Gasteiger partial charge in [0.05, 0.1) is 11.9 Å². The fraction of sp³-hybridized carbons (Fsp3) is 0.333. The van der Waals surface area contributed by atoms with Crippen LogP contribution in [0.2, 0.25) is 0 Å². The predicted octanol–water partition coefficient (Wildman–Crippen LogP) is -0.0767. The first-order valence-corrected chi connectivity index (χ1v) is 6.04. The van der Waals surface area contributed by atoms with Crippen LogP contribution in [0.15, 0.2) is 18.6 Å². The van der Waals surface area contributed by atoms with E-state index in [1.807, 2.05) is 6.92 Å². The van der Waals surface area contributed by atoms with Crippen LogP contribution < -0.4 is 10.6 Å². The van der Waals surface area contributed by atoms with Crippen molar-refractivity contribution in [2.45, 2.75) is 13.5 Å². The van der Waals surface area contributed by atoms with Gasteiger partial charge in [-0.25, -0.2) is 0 Å². The number of nitrogens with one attached hydrogen (secondary N) is 2. The zero-order valence-electron chi connectivity index (χ0n) is 11.5. The van der Waals surface area contributed by atoms with Gasteiger partial charge in [-0.15, -0.1) is 0 Å². The van der Waals surface area contributed by atoms with Crippen LogP contribution in [0.1, 0.15) is 16.1 Å². The van der Waals surface area contributed by atoms with Crippen molar-refractivity contribution in [2.24, 2.45) is 7.05 Å². The van der Waals surface area contributed by atoms with Gasteiger partial charge in [0.1, 0.15) is 6.54 Å². The SMILES string of the molecule is CNC(=O)c1nn(C)cc1NC(=O)Cn1cc(C)cn1. The van der Waals surface area contributed by atoms with Crippen molar-refractivity contribution in [3.63, 3.8) is 0 Å². The first-order valence-electron chi connectivity index (χ1n) is 6.04. The molecule has 0 fully saturated rings. The molecular formula is C12H16N6O2. The van der Waals surface area contributed by atoms with Crippen LogP contribution in [0, 0.1) is 6.92 Å². The number of nitrogens with zero attached hydrogens (tertiary/aromatic N) is 4. The Bertz CT molecular complexity index is 642. The normalized spacial score (nSPS) is 10.3. The second-order valence-electron chi connectivity index (χ2n) is 4.41. The summed E-state index contributed by atoms with van der Waals surface area (Å²) in [7, 11) is 3.19. The molecule has 2 amide bonds. The minimum absolute atomic E-state index is 0.0793. The van der Waals surface area contributed by atoms with Crippen molar-refractivity contribution in [1.82, 2.24) is 24.9 Å². The number of rotatable bonds is 4. The van der Waals surface area contributed by atoms with E-state index >= 15 is 0 Å². The molecule has 2 aromatic heterocycles. The Kier molecular flexibility index (Phi) is 3.83. The van der Waals surface area contributed by atoms with Crippen molar-refractivity contribution >= 4 is 17.5 Å².